The van der Waals surface area contributed by atoms with Crippen LogP contribution in [-0.2, 0) is 14.8 Å². The number of carbonyl (C=O) groups is 1. The molecule has 0 N–H and O–H groups in total. The first kappa shape index (κ1) is 19.3. The molecule has 1 amide bonds. The Kier molecular flexibility index (Phi) is 5.72. The van der Waals surface area contributed by atoms with Crippen LogP contribution in [-0.4, -0.2) is 49.7 Å². The predicted octanol–water partition coefficient (Wildman–Crippen LogP) is 2.68. The van der Waals surface area contributed by atoms with Gasteiger partial charge in [0.1, 0.15) is 5.82 Å². The van der Waals surface area contributed by atoms with Gasteiger partial charge in [-0.1, -0.05) is 29.8 Å². The molecular weight excluding hydrogens is 367 g/mol. The number of halogens is 1. The molecule has 0 aliphatic carbocycles. The van der Waals surface area contributed by atoms with Crippen molar-refractivity contribution >= 4 is 22.0 Å². The van der Waals surface area contributed by atoms with Gasteiger partial charge in [0.2, 0.25) is 15.9 Å². The molecule has 0 saturated carbocycles. The predicted molar refractivity (Wildman–Crippen MR) is 102 cm³/mol. The fourth-order valence-electron chi connectivity index (χ4n) is 2.89. The lowest BCUT2D eigenvalue weighted by Gasteiger charge is -2.33. The van der Waals surface area contributed by atoms with Crippen LogP contribution in [0.5, 0.6) is 0 Å². The second-order valence-electron chi connectivity index (χ2n) is 6.43. The van der Waals surface area contributed by atoms with Crippen LogP contribution in [0, 0.1) is 12.7 Å². The van der Waals surface area contributed by atoms with Crippen LogP contribution in [0.15, 0.2) is 59.5 Å². The minimum absolute atomic E-state index is 0.216. The highest BCUT2D eigenvalue weighted by Crippen LogP contribution is 2.18. The van der Waals surface area contributed by atoms with E-state index in [2.05, 4.69) is 0 Å². The molecule has 0 bridgehead atoms. The van der Waals surface area contributed by atoms with Crippen molar-refractivity contribution in [1.82, 2.24) is 9.21 Å². The second kappa shape index (κ2) is 8.02. The van der Waals surface area contributed by atoms with Crippen LogP contribution >= 0.6 is 0 Å². The lowest BCUT2D eigenvalue weighted by Crippen LogP contribution is -2.50. The summed E-state index contributed by atoms with van der Waals surface area (Å²) < 4.78 is 40.0. The van der Waals surface area contributed by atoms with Gasteiger partial charge in [-0.25, -0.2) is 12.8 Å². The summed E-state index contributed by atoms with van der Waals surface area (Å²) in [6, 6.07) is 12.7. The van der Waals surface area contributed by atoms with Crippen LogP contribution in [0.25, 0.3) is 6.08 Å². The summed E-state index contributed by atoms with van der Waals surface area (Å²) in [5.74, 6) is -0.578. The summed E-state index contributed by atoms with van der Waals surface area (Å²) >= 11 is 0. The normalized spacial score (nSPS) is 16.0. The molecule has 0 radical (unpaired) electrons. The van der Waals surface area contributed by atoms with E-state index in [-0.39, 0.29) is 29.7 Å². The molecule has 0 aromatic heterocycles. The minimum atomic E-state index is -3.55. The molecule has 2 aromatic carbocycles. The van der Waals surface area contributed by atoms with Gasteiger partial charge in [-0.3, -0.25) is 4.79 Å². The van der Waals surface area contributed by atoms with Crippen LogP contribution in [0.1, 0.15) is 11.1 Å². The average Bonchev–Trinajstić information content (AvgIpc) is 2.66. The second-order valence-corrected chi connectivity index (χ2v) is 8.37. The average molecular weight is 388 g/mol. The van der Waals surface area contributed by atoms with E-state index >= 15 is 0 Å². The fraction of sp³-hybridized carbons (Fsp3) is 0.250. The number of sulfonamides is 1. The zero-order valence-corrected chi connectivity index (χ0v) is 15.8. The van der Waals surface area contributed by atoms with Gasteiger partial charge in [-0.15, -0.1) is 0 Å². The van der Waals surface area contributed by atoms with Crippen molar-refractivity contribution in [2.45, 2.75) is 11.8 Å². The Bertz CT molecular complexity index is 947. The summed E-state index contributed by atoms with van der Waals surface area (Å²) in [6.07, 6.45) is 2.94. The topological polar surface area (TPSA) is 57.7 Å². The fourth-order valence-corrected chi connectivity index (χ4v) is 4.31. The van der Waals surface area contributed by atoms with E-state index in [0.29, 0.717) is 18.7 Å². The quantitative estimate of drug-likeness (QED) is 0.757. The minimum Gasteiger partial charge on any atom is -0.337 e. The third kappa shape index (κ3) is 4.61. The molecule has 0 spiro atoms. The molecule has 2 aromatic rings. The van der Waals surface area contributed by atoms with Gasteiger partial charge >= 0.3 is 0 Å². The van der Waals surface area contributed by atoms with Gasteiger partial charge in [0.15, 0.2) is 0 Å². The first-order valence-corrected chi connectivity index (χ1v) is 10.1. The molecule has 1 aliphatic heterocycles. The first-order chi connectivity index (χ1) is 12.9. The molecule has 1 saturated heterocycles. The van der Waals surface area contributed by atoms with Gasteiger partial charge in [-0.2, -0.15) is 4.31 Å². The van der Waals surface area contributed by atoms with Gasteiger partial charge in [0, 0.05) is 32.3 Å². The molecule has 1 fully saturated rings. The summed E-state index contributed by atoms with van der Waals surface area (Å²) in [5, 5.41) is 0. The van der Waals surface area contributed by atoms with E-state index in [1.165, 1.54) is 22.5 Å². The molecule has 5 nitrogen and oxygen atoms in total. The SMILES string of the molecule is Cc1ccc(S(=O)(=O)N2CCN(C(=O)/C=C/c3cccc(F)c3)CC2)cc1. The van der Waals surface area contributed by atoms with Crippen molar-refractivity contribution in [1.29, 1.82) is 0 Å². The summed E-state index contributed by atoms with van der Waals surface area (Å²) in [7, 11) is -3.55. The molecule has 0 atom stereocenters. The number of benzene rings is 2. The highest BCUT2D eigenvalue weighted by atomic mass is 32.2. The van der Waals surface area contributed by atoms with Crippen molar-refractivity contribution in [2.24, 2.45) is 0 Å². The number of hydrogen-bond acceptors (Lipinski definition) is 3. The smallest absolute Gasteiger partial charge is 0.246 e. The number of amides is 1. The standard InChI is InChI=1S/C20H21FN2O3S/c1-16-5-8-19(9-6-16)27(25,26)23-13-11-22(12-14-23)20(24)10-7-17-3-2-4-18(21)15-17/h2-10,15H,11-14H2,1H3/b10-7+. The number of rotatable bonds is 4. The highest BCUT2D eigenvalue weighted by molar-refractivity contribution is 7.89. The Morgan fingerprint density at radius 2 is 1.70 bits per heavy atom. The number of carbonyl (C=O) groups excluding carboxylic acids is 1. The molecule has 1 heterocycles. The monoisotopic (exact) mass is 388 g/mol. The Hall–Kier alpha value is -2.51. The Morgan fingerprint density at radius 3 is 2.33 bits per heavy atom. The maximum atomic E-state index is 13.2. The summed E-state index contributed by atoms with van der Waals surface area (Å²) in [6.45, 7) is 3.03. The Balaban J connectivity index is 1.61. The van der Waals surface area contributed by atoms with E-state index in [9.17, 15) is 17.6 Å². The van der Waals surface area contributed by atoms with E-state index in [4.69, 9.17) is 0 Å². The van der Waals surface area contributed by atoms with Crippen LogP contribution in [0.4, 0.5) is 4.39 Å². The van der Waals surface area contributed by atoms with Crippen molar-refractivity contribution in [2.75, 3.05) is 26.2 Å². The third-order valence-electron chi connectivity index (χ3n) is 4.48. The van der Waals surface area contributed by atoms with Crippen molar-refractivity contribution < 1.29 is 17.6 Å². The number of hydrogen-bond donors (Lipinski definition) is 0. The third-order valence-corrected chi connectivity index (χ3v) is 6.39. The summed E-state index contributed by atoms with van der Waals surface area (Å²) in [5.41, 5.74) is 1.60. The van der Waals surface area contributed by atoms with E-state index in [1.807, 2.05) is 6.92 Å². The van der Waals surface area contributed by atoms with Crippen molar-refractivity contribution in [3.05, 3.63) is 71.6 Å². The Labute approximate surface area is 158 Å². The maximum Gasteiger partial charge on any atom is 0.246 e. The van der Waals surface area contributed by atoms with E-state index < -0.39 is 10.0 Å². The van der Waals surface area contributed by atoms with Crippen LogP contribution in [0.2, 0.25) is 0 Å². The number of nitrogens with zero attached hydrogens (tertiary/aromatic N) is 2. The zero-order valence-electron chi connectivity index (χ0n) is 15.0. The van der Waals surface area contributed by atoms with Gasteiger partial charge < -0.3 is 4.90 Å². The molecule has 7 heteroatoms. The maximum absolute atomic E-state index is 13.2. The van der Waals surface area contributed by atoms with Gasteiger partial charge in [0.05, 0.1) is 4.90 Å². The molecule has 0 unspecified atom stereocenters. The summed E-state index contributed by atoms with van der Waals surface area (Å²) in [4.78, 5) is 14.2. The number of piperazine rings is 1. The van der Waals surface area contributed by atoms with Crippen molar-refractivity contribution in [3.63, 3.8) is 0 Å². The molecule has 142 valence electrons. The lowest BCUT2D eigenvalue weighted by molar-refractivity contribution is -0.127. The zero-order chi connectivity index (χ0) is 19.4. The van der Waals surface area contributed by atoms with Crippen LogP contribution in [0.3, 0.4) is 0 Å². The van der Waals surface area contributed by atoms with E-state index in [1.54, 1.807) is 47.4 Å². The van der Waals surface area contributed by atoms with Crippen molar-refractivity contribution in [3.8, 4) is 0 Å². The van der Waals surface area contributed by atoms with Gasteiger partial charge in [0.25, 0.3) is 0 Å². The molecule has 1 aliphatic rings. The van der Waals surface area contributed by atoms with Gasteiger partial charge in [-0.05, 0) is 42.8 Å². The Morgan fingerprint density at radius 1 is 1.04 bits per heavy atom. The van der Waals surface area contributed by atoms with Crippen LogP contribution < -0.4 is 0 Å². The molecule has 27 heavy (non-hydrogen) atoms. The van der Waals surface area contributed by atoms with E-state index in [0.717, 1.165) is 5.56 Å². The molecule has 3 rings (SSSR count). The molecular formula is C20H21FN2O3S. The highest BCUT2D eigenvalue weighted by Gasteiger charge is 2.29. The number of aryl methyl sites for hydroxylation is 1. The lowest BCUT2D eigenvalue weighted by atomic mass is 10.2. The first-order valence-electron chi connectivity index (χ1n) is 8.66. The largest absolute Gasteiger partial charge is 0.337 e.